The summed E-state index contributed by atoms with van der Waals surface area (Å²) in [6.07, 6.45) is 1.32. The molecule has 0 spiro atoms. The summed E-state index contributed by atoms with van der Waals surface area (Å²) >= 11 is 2.32. The lowest BCUT2D eigenvalue weighted by Crippen LogP contribution is -2.31. The third-order valence-corrected chi connectivity index (χ3v) is 7.42. The van der Waals surface area contributed by atoms with Crippen LogP contribution in [0.3, 0.4) is 0 Å². The minimum atomic E-state index is -1.03. The second-order valence-corrected chi connectivity index (χ2v) is 9.65. The average Bonchev–Trinajstić information content (AvgIpc) is 3.60. The molecule has 4 aromatic rings. The van der Waals surface area contributed by atoms with Crippen molar-refractivity contribution in [1.29, 1.82) is 0 Å². The molecule has 1 amide bonds. The number of benzene rings is 2. The van der Waals surface area contributed by atoms with Gasteiger partial charge in [-0.3, -0.25) is 14.5 Å². The zero-order valence-electron chi connectivity index (χ0n) is 17.8. The van der Waals surface area contributed by atoms with E-state index in [0.717, 1.165) is 11.3 Å². The maximum atomic E-state index is 14.0. The Morgan fingerprint density at radius 2 is 1.86 bits per heavy atom. The fraction of sp³-hybridized carbons (Fsp3) is 0.0833. The van der Waals surface area contributed by atoms with Crippen LogP contribution in [-0.2, 0) is 10.5 Å². The first-order chi connectivity index (χ1) is 16.9. The van der Waals surface area contributed by atoms with Gasteiger partial charge in [-0.25, -0.2) is 4.39 Å². The summed E-state index contributed by atoms with van der Waals surface area (Å²) in [6, 6.07) is 14.2. The fourth-order valence-corrected chi connectivity index (χ4v) is 5.51. The first kappa shape index (κ1) is 22.8. The summed E-state index contributed by atoms with van der Waals surface area (Å²) in [6.45, 7) is 0. The molecule has 1 aliphatic heterocycles. The van der Waals surface area contributed by atoms with Crippen LogP contribution in [0.25, 0.3) is 0 Å². The molecule has 0 saturated heterocycles. The van der Waals surface area contributed by atoms with Crippen LogP contribution >= 0.6 is 23.1 Å². The summed E-state index contributed by atoms with van der Waals surface area (Å²) < 4.78 is 19.6. The van der Waals surface area contributed by atoms with Crippen LogP contribution in [0.4, 0.5) is 9.52 Å². The molecular formula is C24H16FN3O5S2. The Morgan fingerprint density at radius 3 is 2.57 bits per heavy atom. The van der Waals surface area contributed by atoms with E-state index in [1.807, 2.05) is 0 Å². The van der Waals surface area contributed by atoms with Crippen molar-refractivity contribution < 1.29 is 28.6 Å². The molecule has 0 fully saturated rings. The maximum absolute atomic E-state index is 14.0. The minimum Gasteiger partial charge on any atom is -0.508 e. The first-order valence-corrected chi connectivity index (χ1v) is 12.1. The quantitative estimate of drug-likeness (QED) is 0.202. The Labute approximate surface area is 206 Å². The number of aromatic nitrogens is 2. The van der Waals surface area contributed by atoms with Gasteiger partial charge >= 0.3 is 0 Å². The number of aliphatic hydroxyl groups excluding tert-OH is 1. The number of halogens is 1. The van der Waals surface area contributed by atoms with E-state index in [2.05, 4.69) is 10.2 Å². The monoisotopic (exact) mass is 509 g/mol. The predicted octanol–water partition coefficient (Wildman–Crippen LogP) is 5.05. The van der Waals surface area contributed by atoms with Gasteiger partial charge in [-0.15, -0.1) is 10.2 Å². The number of ketones is 1. The van der Waals surface area contributed by atoms with Gasteiger partial charge in [0.1, 0.15) is 11.6 Å². The molecule has 0 radical (unpaired) electrons. The average molecular weight is 510 g/mol. The largest absolute Gasteiger partial charge is 0.508 e. The molecule has 2 aromatic heterocycles. The number of nitrogens with zero attached hydrogens (tertiary/aromatic N) is 3. The Bertz CT molecular complexity index is 1430. The normalized spacial score (nSPS) is 15.7. The summed E-state index contributed by atoms with van der Waals surface area (Å²) in [5.74, 6) is -2.26. The zero-order chi connectivity index (χ0) is 24.5. The highest BCUT2D eigenvalue weighted by Gasteiger charge is 2.46. The van der Waals surface area contributed by atoms with Crippen LogP contribution in [-0.4, -0.2) is 32.1 Å². The molecule has 3 heterocycles. The number of carbonyl (C=O) groups excluding carboxylic acids is 2. The first-order valence-electron chi connectivity index (χ1n) is 10.3. The van der Waals surface area contributed by atoms with E-state index < -0.39 is 23.5 Å². The predicted molar refractivity (Wildman–Crippen MR) is 127 cm³/mol. The van der Waals surface area contributed by atoms with Gasteiger partial charge in [0.25, 0.3) is 5.91 Å². The zero-order valence-corrected chi connectivity index (χ0v) is 19.4. The fourth-order valence-electron chi connectivity index (χ4n) is 3.66. The van der Waals surface area contributed by atoms with E-state index in [4.69, 9.17) is 4.42 Å². The second kappa shape index (κ2) is 9.35. The van der Waals surface area contributed by atoms with E-state index in [0.29, 0.717) is 21.2 Å². The molecule has 35 heavy (non-hydrogen) atoms. The molecule has 0 saturated carbocycles. The Kier molecular flexibility index (Phi) is 6.10. The molecule has 1 aliphatic rings. The van der Waals surface area contributed by atoms with E-state index in [9.17, 15) is 24.2 Å². The van der Waals surface area contributed by atoms with Crippen molar-refractivity contribution in [2.45, 2.75) is 16.1 Å². The molecule has 8 nitrogen and oxygen atoms in total. The summed E-state index contributed by atoms with van der Waals surface area (Å²) in [5, 5.41) is 28.8. The number of phenols is 1. The lowest BCUT2D eigenvalue weighted by molar-refractivity contribution is -0.117. The third kappa shape index (κ3) is 4.31. The number of hydrogen-bond donors (Lipinski definition) is 2. The number of Topliss-reactive ketones (excluding diaryl/α,β-unsaturated/α-hetero) is 1. The molecule has 11 heteroatoms. The Balaban J connectivity index is 1.49. The lowest BCUT2D eigenvalue weighted by atomic mass is 9.95. The van der Waals surface area contributed by atoms with Crippen molar-refractivity contribution in [3.8, 4) is 5.75 Å². The second-order valence-electron chi connectivity index (χ2n) is 7.47. The van der Waals surface area contributed by atoms with Crippen LogP contribution in [0.1, 0.15) is 27.7 Å². The standard InChI is InChI=1S/C24H16FN3O5S2/c25-16-5-2-1-4-14(16)12-34-24-27-26-23(35-24)28-19(13-7-9-15(29)10-8-13)18(21(31)22(28)32)20(30)17-6-3-11-33-17/h1-11,19,29,31H,12H2/t19-/m1/s1. The van der Waals surface area contributed by atoms with Gasteiger partial charge in [0.15, 0.2) is 15.9 Å². The Morgan fingerprint density at radius 1 is 1.09 bits per heavy atom. The Hall–Kier alpha value is -3.96. The summed E-state index contributed by atoms with van der Waals surface area (Å²) in [5.41, 5.74) is 0.788. The highest BCUT2D eigenvalue weighted by Crippen LogP contribution is 2.44. The van der Waals surface area contributed by atoms with Crippen LogP contribution in [0.15, 0.2) is 87.0 Å². The van der Waals surface area contributed by atoms with Gasteiger partial charge in [-0.2, -0.15) is 0 Å². The van der Waals surface area contributed by atoms with Crippen LogP contribution in [0.2, 0.25) is 0 Å². The molecule has 0 bridgehead atoms. The molecule has 2 aromatic carbocycles. The molecule has 1 atom stereocenters. The SMILES string of the molecule is O=C(C1=C(O)C(=O)N(c2nnc(SCc3ccccc3F)s2)[C@@H]1c1ccc(O)cc1)c1ccco1. The number of amides is 1. The molecule has 5 rings (SSSR count). The van der Waals surface area contributed by atoms with E-state index in [1.165, 1.54) is 53.3 Å². The molecule has 0 unspecified atom stereocenters. The lowest BCUT2D eigenvalue weighted by Gasteiger charge is -2.23. The number of phenolic OH excluding ortho intramolecular Hbond substituents is 1. The number of hydrogen-bond acceptors (Lipinski definition) is 9. The van der Waals surface area contributed by atoms with Gasteiger partial charge in [0.2, 0.25) is 10.9 Å². The number of furan rings is 1. The summed E-state index contributed by atoms with van der Waals surface area (Å²) in [7, 11) is 0. The molecule has 176 valence electrons. The van der Waals surface area contributed by atoms with Crippen molar-refractivity contribution in [1.82, 2.24) is 10.2 Å². The van der Waals surface area contributed by atoms with Crippen LogP contribution in [0, 0.1) is 5.82 Å². The van der Waals surface area contributed by atoms with E-state index in [-0.39, 0.29) is 28.0 Å². The molecular weight excluding hydrogens is 493 g/mol. The van der Waals surface area contributed by atoms with Gasteiger partial charge in [-0.05, 0) is 41.5 Å². The number of aromatic hydroxyl groups is 1. The van der Waals surface area contributed by atoms with Crippen LogP contribution < -0.4 is 4.90 Å². The van der Waals surface area contributed by atoms with Crippen molar-refractivity contribution in [3.05, 3.63) is 101 Å². The maximum Gasteiger partial charge on any atom is 0.296 e. The van der Waals surface area contributed by atoms with Gasteiger partial charge < -0.3 is 14.6 Å². The highest BCUT2D eigenvalue weighted by atomic mass is 32.2. The topological polar surface area (TPSA) is 117 Å². The third-order valence-electron chi connectivity index (χ3n) is 5.32. The van der Waals surface area contributed by atoms with Crippen LogP contribution in [0.5, 0.6) is 5.75 Å². The van der Waals surface area contributed by atoms with Crippen molar-refractivity contribution in [2.24, 2.45) is 0 Å². The minimum absolute atomic E-state index is 0.000480. The van der Waals surface area contributed by atoms with Crippen molar-refractivity contribution in [3.63, 3.8) is 0 Å². The van der Waals surface area contributed by atoms with Gasteiger partial charge in [0, 0.05) is 5.75 Å². The number of carbonyl (C=O) groups is 2. The van der Waals surface area contributed by atoms with Crippen molar-refractivity contribution >= 4 is 39.9 Å². The highest BCUT2D eigenvalue weighted by molar-refractivity contribution is 8.00. The molecule has 2 N–H and O–H groups in total. The van der Waals surface area contributed by atoms with E-state index in [1.54, 1.807) is 30.3 Å². The van der Waals surface area contributed by atoms with Crippen molar-refractivity contribution in [2.75, 3.05) is 4.90 Å². The number of aliphatic hydroxyl groups is 1. The summed E-state index contributed by atoms with van der Waals surface area (Å²) in [4.78, 5) is 27.5. The van der Waals surface area contributed by atoms with E-state index >= 15 is 0 Å². The number of rotatable bonds is 7. The van der Waals surface area contributed by atoms with Gasteiger partial charge in [-0.1, -0.05) is 53.4 Å². The van der Waals surface area contributed by atoms with Gasteiger partial charge in [0.05, 0.1) is 17.9 Å². The molecule has 0 aliphatic carbocycles. The smallest absolute Gasteiger partial charge is 0.296 e. The number of anilines is 1. The number of thioether (sulfide) groups is 1.